The maximum atomic E-state index is 13.2. The molecule has 0 aliphatic heterocycles. The third-order valence-corrected chi connectivity index (χ3v) is 5.83. The summed E-state index contributed by atoms with van der Waals surface area (Å²) in [5.41, 5.74) is 3.35. The molecular formula is C24H22ClN3O3. The number of fused-ring (bicyclic) bond motifs is 2. The molecule has 0 spiro atoms. The van der Waals surface area contributed by atoms with E-state index in [-0.39, 0.29) is 11.0 Å². The van der Waals surface area contributed by atoms with E-state index in [1.54, 1.807) is 37.6 Å². The van der Waals surface area contributed by atoms with Crippen molar-refractivity contribution in [1.82, 2.24) is 9.55 Å². The minimum Gasteiger partial charge on any atom is -0.497 e. The van der Waals surface area contributed by atoms with Crippen LogP contribution in [0.15, 0.2) is 47.4 Å². The van der Waals surface area contributed by atoms with Gasteiger partial charge >= 0.3 is 0 Å². The molecule has 1 N–H and O–H groups in total. The Kier molecular flexibility index (Phi) is 5.41. The van der Waals surface area contributed by atoms with Gasteiger partial charge in [0.1, 0.15) is 11.3 Å². The number of hydrogen-bond donors (Lipinski definition) is 1. The number of nitrogens with zero attached hydrogens (tertiary/aromatic N) is 2. The summed E-state index contributed by atoms with van der Waals surface area (Å²) in [7, 11) is 1.54. The molecule has 0 unspecified atom stereocenters. The van der Waals surface area contributed by atoms with Crippen LogP contribution in [0.2, 0.25) is 5.02 Å². The van der Waals surface area contributed by atoms with Crippen molar-refractivity contribution in [3.63, 3.8) is 0 Å². The number of amides is 1. The van der Waals surface area contributed by atoms with Gasteiger partial charge in [0.05, 0.1) is 29.2 Å². The molecule has 0 aliphatic rings. The molecule has 0 atom stereocenters. The standard InChI is InChI=1S/C24H22ClN3O3/c1-5-28-12-18(23(29)17-11-15(31-4)6-9-21(17)28)24(30)27-20-10-13(2)26-22-14(3)19(25)8-7-16(20)22/h6-12H,5H2,1-4H3,(H,26,27,30). The number of hydrogen-bond acceptors (Lipinski definition) is 4. The zero-order valence-electron chi connectivity index (χ0n) is 17.7. The van der Waals surface area contributed by atoms with E-state index >= 15 is 0 Å². The Labute approximate surface area is 184 Å². The number of halogens is 1. The van der Waals surface area contributed by atoms with Crippen LogP contribution in [0.5, 0.6) is 5.75 Å². The highest BCUT2D eigenvalue weighted by molar-refractivity contribution is 6.32. The molecule has 7 heteroatoms. The predicted octanol–water partition coefficient (Wildman–Crippen LogP) is 5.10. The minimum atomic E-state index is -0.476. The largest absolute Gasteiger partial charge is 0.497 e. The van der Waals surface area contributed by atoms with E-state index in [1.165, 1.54) is 0 Å². The molecule has 0 saturated heterocycles. The molecule has 158 valence electrons. The number of anilines is 1. The van der Waals surface area contributed by atoms with Crippen LogP contribution in [-0.2, 0) is 6.54 Å². The van der Waals surface area contributed by atoms with Gasteiger partial charge in [0.2, 0.25) is 5.43 Å². The molecule has 2 aromatic heterocycles. The van der Waals surface area contributed by atoms with Gasteiger partial charge in [0, 0.05) is 28.8 Å². The monoisotopic (exact) mass is 435 g/mol. The number of ether oxygens (including phenoxy) is 1. The number of methoxy groups -OCH3 is 1. The van der Waals surface area contributed by atoms with Crippen LogP contribution < -0.4 is 15.5 Å². The Morgan fingerprint density at radius 2 is 1.94 bits per heavy atom. The third-order valence-electron chi connectivity index (χ3n) is 5.42. The quantitative estimate of drug-likeness (QED) is 0.484. The molecule has 0 saturated carbocycles. The number of carbonyl (C=O) groups excluding carboxylic acids is 1. The van der Waals surface area contributed by atoms with Crippen molar-refractivity contribution in [2.24, 2.45) is 0 Å². The number of rotatable bonds is 4. The van der Waals surface area contributed by atoms with E-state index in [2.05, 4.69) is 10.3 Å². The molecule has 2 aromatic carbocycles. The fourth-order valence-electron chi connectivity index (χ4n) is 3.75. The van der Waals surface area contributed by atoms with Gasteiger partial charge in [-0.05, 0) is 62.7 Å². The van der Waals surface area contributed by atoms with Gasteiger partial charge in [-0.1, -0.05) is 11.6 Å². The molecule has 31 heavy (non-hydrogen) atoms. The van der Waals surface area contributed by atoms with Gasteiger partial charge in [-0.25, -0.2) is 0 Å². The van der Waals surface area contributed by atoms with Crippen LogP contribution in [0.1, 0.15) is 28.5 Å². The van der Waals surface area contributed by atoms with Crippen molar-refractivity contribution in [2.45, 2.75) is 27.3 Å². The maximum absolute atomic E-state index is 13.2. The van der Waals surface area contributed by atoms with Crippen molar-refractivity contribution < 1.29 is 9.53 Å². The number of aromatic nitrogens is 2. The van der Waals surface area contributed by atoms with Gasteiger partial charge in [0.15, 0.2) is 0 Å². The van der Waals surface area contributed by atoms with Crippen molar-refractivity contribution in [3.05, 3.63) is 74.7 Å². The van der Waals surface area contributed by atoms with Crippen LogP contribution in [0.4, 0.5) is 5.69 Å². The summed E-state index contributed by atoms with van der Waals surface area (Å²) in [6.07, 6.45) is 1.60. The van der Waals surface area contributed by atoms with E-state index < -0.39 is 5.91 Å². The molecule has 0 bridgehead atoms. The number of pyridine rings is 2. The average molecular weight is 436 g/mol. The Bertz CT molecular complexity index is 1410. The van der Waals surface area contributed by atoms with Crippen LogP contribution in [0, 0.1) is 13.8 Å². The van der Waals surface area contributed by atoms with Crippen LogP contribution >= 0.6 is 11.6 Å². The molecule has 2 heterocycles. The van der Waals surface area contributed by atoms with Gasteiger partial charge in [0.25, 0.3) is 5.91 Å². The molecule has 0 aliphatic carbocycles. The Morgan fingerprint density at radius 1 is 1.16 bits per heavy atom. The van der Waals surface area contributed by atoms with Crippen molar-refractivity contribution >= 4 is 45.0 Å². The van der Waals surface area contributed by atoms with Crippen molar-refractivity contribution in [2.75, 3.05) is 12.4 Å². The molecule has 6 nitrogen and oxygen atoms in total. The lowest BCUT2D eigenvalue weighted by atomic mass is 10.1. The van der Waals surface area contributed by atoms with E-state index in [9.17, 15) is 9.59 Å². The second kappa shape index (κ2) is 8.04. The first-order valence-electron chi connectivity index (χ1n) is 9.93. The Hall–Kier alpha value is -3.38. The van der Waals surface area contributed by atoms with Gasteiger partial charge in [-0.2, -0.15) is 0 Å². The van der Waals surface area contributed by atoms with E-state index in [0.717, 1.165) is 27.7 Å². The van der Waals surface area contributed by atoms with Crippen LogP contribution in [-0.4, -0.2) is 22.6 Å². The lowest BCUT2D eigenvalue weighted by Gasteiger charge is -2.14. The summed E-state index contributed by atoms with van der Waals surface area (Å²) in [5.74, 6) is 0.0874. The first kappa shape index (κ1) is 20.9. The summed E-state index contributed by atoms with van der Waals surface area (Å²) in [5, 5.41) is 4.72. The number of benzene rings is 2. The van der Waals surface area contributed by atoms with Crippen molar-refractivity contribution in [1.29, 1.82) is 0 Å². The molecule has 4 aromatic rings. The lowest BCUT2D eigenvalue weighted by molar-refractivity contribution is 0.102. The second-order valence-electron chi connectivity index (χ2n) is 7.37. The average Bonchev–Trinajstić information content (AvgIpc) is 2.76. The summed E-state index contributed by atoms with van der Waals surface area (Å²) in [6, 6.07) is 10.7. The Morgan fingerprint density at radius 3 is 2.65 bits per heavy atom. The predicted molar refractivity (Wildman–Crippen MR) is 125 cm³/mol. The summed E-state index contributed by atoms with van der Waals surface area (Å²) in [4.78, 5) is 30.9. The van der Waals surface area contributed by atoms with Gasteiger partial charge in [-0.3, -0.25) is 14.6 Å². The lowest BCUT2D eigenvalue weighted by Crippen LogP contribution is -2.24. The first-order valence-corrected chi connectivity index (χ1v) is 10.3. The van der Waals surface area contributed by atoms with Gasteiger partial charge < -0.3 is 14.6 Å². The highest BCUT2D eigenvalue weighted by Crippen LogP contribution is 2.30. The fraction of sp³-hybridized carbons (Fsp3) is 0.208. The summed E-state index contributed by atoms with van der Waals surface area (Å²) >= 11 is 6.25. The highest BCUT2D eigenvalue weighted by atomic mass is 35.5. The normalized spacial score (nSPS) is 11.1. The molecular weight excluding hydrogens is 414 g/mol. The number of nitrogens with one attached hydrogen (secondary N) is 1. The third kappa shape index (κ3) is 3.64. The van der Waals surface area contributed by atoms with E-state index in [0.29, 0.717) is 28.4 Å². The maximum Gasteiger partial charge on any atom is 0.261 e. The SMILES string of the molecule is CCn1cc(C(=O)Nc2cc(C)nc3c(C)c(Cl)ccc23)c(=O)c2cc(OC)ccc21. The summed E-state index contributed by atoms with van der Waals surface area (Å²) < 4.78 is 7.14. The van der Waals surface area contributed by atoms with Crippen LogP contribution in [0.25, 0.3) is 21.8 Å². The second-order valence-corrected chi connectivity index (χ2v) is 7.78. The van der Waals surface area contributed by atoms with Gasteiger partial charge in [-0.15, -0.1) is 0 Å². The first-order chi connectivity index (χ1) is 14.8. The van der Waals surface area contributed by atoms with E-state index in [4.69, 9.17) is 16.3 Å². The molecule has 1 amide bonds. The molecule has 4 rings (SSSR count). The Balaban J connectivity index is 1.85. The smallest absolute Gasteiger partial charge is 0.261 e. The zero-order chi connectivity index (χ0) is 22.3. The fourth-order valence-corrected chi connectivity index (χ4v) is 3.90. The molecule has 0 fully saturated rings. The summed E-state index contributed by atoms with van der Waals surface area (Å²) in [6.45, 7) is 6.31. The topological polar surface area (TPSA) is 73.2 Å². The number of aryl methyl sites for hydroxylation is 3. The highest BCUT2D eigenvalue weighted by Gasteiger charge is 2.18. The number of carbonyl (C=O) groups is 1. The van der Waals surface area contributed by atoms with E-state index in [1.807, 2.05) is 37.5 Å². The van der Waals surface area contributed by atoms with Crippen LogP contribution in [0.3, 0.4) is 0 Å². The van der Waals surface area contributed by atoms with Crippen molar-refractivity contribution in [3.8, 4) is 5.75 Å². The zero-order valence-corrected chi connectivity index (χ0v) is 18.5. The molecule has 0 radical (unpaired) electrons. The minimum absolute atomic E-state index is 0.0657.